The summed E-state index contributed by atoms with van der Waals surface area (Å²) in [6.45, 7) is 1.86. The number of para-hydroxylation sites is 1. The van der Waals surface area contributed by atoms with Gasteiger partial charge in [0.1, 0.15) is 0 Å². The zero-order valence-corrected chi connectivity index (χ0v) is 15.0. The first-order valence-electron chi connectivity index (χ1n) is 8.98. The fourth-order valence-corrected chi connectivity index (χ4v) is 3.58. The van der Waals surface area contributed by atoms with Crippen LogP contribution in [0, 0.1) is 0 Å². The number of carbonyl (C=O) groups is 1. The van der Waals surface area contributed by atoms with Gasteiger partial charge in [-0.25, -0.2) is 0 Å². The molecule has 0 aromatic heterocycles. The van der Waals surface area contributed by atoms with Gasteiger partial charge in [0, 0.05) is 38.8 Å². The van der Waals surface area contributed by atoms with Crippen molar-refractivity contribution in [1.82, 2.24) is 10.6 Å². The Labute approximate surface area is 150 Å². The molecule has 0 unspecified atom stereocenters. The van der Waals surface area contributed by atoms with Gasteiger partial charge in [-0.3, -0.25) is 4.79 Å². The second kappa shape index (κ2) is 8.17. The van der Waals surface area contributed by atoms with Crippen LogP contribution >= 0.6 is 0 Å². The Morgan fingerprint density at radius 2 is 1.88 bits per heavy atom. The number of rotatable bonds is 6. The van der Waals surface area contributed by atoms with E-state index < -0.39 is 0 Å². The number of anilines is 1. The smallest absolute Gasteiger partial charge is 0.237 e. The molecular weight excluding hydrogens is 310 g/mol. The summed E-state index contributed by atoms with van der Waals surface area (Å²) in [5, 5.41) is 6.30. The highest BCUT2D eigenvalue weighted by Gasteiger charge is 2.25. The van der Waals surface area contributed by atoms with Gasteiger partial charge in [-0.2, -0.15) is 0 Å². The van der Waals surface area contributed by atoms with Crippen LogP contribution in [0.4, 0.5) is 5.69 Å². The molecule has 25 heavy (non-hydrogen) atoms. The van der Waals surface area contributed by atoms with Crippen LogP contribution in [-0.4, -0.2) is 39.1 Å². The summed E-state index contributed by atoms with van der Waals surface area (Å²) >= 11 is 0. The molecule has 0 saturated carbocycles. The number of carbonyl (C=O) groups excluding carboxylic acids is 1. The lowest BCUT2D eigenvalue weighted by molar-refractivity contribution is -0.122. The second-order valence-electron chi connectivity index (χ2n) is 6.73. The Morgan fingerprint density at radius 1 is 1.16 bits per heavy atom. The summed E-state index contributed by atoms with van der Waals surface area (Å²) in [6, 6.07) is 18.6. The van der Waals surface area contributed by atoms with Gasteiger partial charge in [-0.05, 0) is 30.0 Å². The highest BCUT2D eigenvalue weighted by molar-refractivity contribution is 5.81. The van der Waals surface area contributed by atoms with Crippen molar-refractivity contribution in [2.24, 2.45) is 0 Å². The fourth-order valence-electron chi connectivity index (χ4n) is 3.58. The van der Waals surface area contributed by atoms with E-state index in [0.717, 1.165) is 19.5 Å². The van der Waals surface area contributed by atoms with Crippen molar-refractivity contribution in [3.05, 3.63) is 65.7 Å². The predicted molar refractivity (Wildman–Crippen MR) is 103 cm³/mol. The maximum absolute atomic E-state index is 12.3. The van der Waals surface area contributed by atoms with Gasteiger partial charge in [0.25, 0.3) is 0 Å². The van der Waals surface area contributed by atoms with E-state index in [0.29, 0.717) is 12.3 Å². The van der Waals surface area contributed by atoms with Crippen molar-refractivity contribution >= 4 is 11.6 Å². The lowest BCUT2D eigenvalue weighted by Crippen LogP contribution is -2.46. The molecule has 1 heterocycles. The van der Waals surface area contributed by atoms with Gasteiger partial charge in [0.15, 0.2) is 0 Å². The van der Waals surface area contributed by atoms with Crippen molar-refractivity contribution in [2.75, 3.05) is 32.1 Å². The van der Waals surface area contributed by atoms with E-state index in [4.69, 9.17) is 0 Å². The molecule has 1 aliphatic heterocycles. The molecule has 2 aromatic rings. The monoisotopic (exact) mass is 337 g/mol. The lowest BCUT2D eigenvalue weighted by Gasteiger charge is -2.34. The fraction of sp³-hybridized carbons (Fsp3) is 0.381. The van der Waals surface area contributed by atoms with E-state index in [-0.39, 0.29) is 11.9 Å². The van der Waals surface area contributed by atoms with Gasteiger partial charge >= 0.3 is 0 Å². The summed E-state index contributed by atoms with van der Waals surface area (Å²) in [5.41, 5.74) is 3.85. The Bertz CT molecular complexity index is 701. The maximum atomic E-state index is 12.3. The number of nitrogens with one attached hydrogen (secondary N) is 2. The average molecular weight is 337 g/mol. The van der Waals surface area contributed by atoms with E-state index in [9.17, 15) is 4.79 Å². The van der Waals surface area contributed by atoms with E-state index in [1.54, 1.807) is 7.05 Å². The zero-order chi connectivity index (χ0) is 17.6. The first kappa shape index (κ1) is 17.5. The molecule has 0 aliphatic carbocycles. The highest BCUT2D eigenvalue weighted by atomic mass is 16.2. The molecule has 4 heteroatoms. The van der Waals surface area contributed by atoms with Gasteiger partial charge in [-0.15, -0.1) is 0 Å². The molecule has 2 N–H and O–H groups in total. The number of likely N-dealkylation sites (N-methyl/N-ethyl adjacent to an activating group) is 1. The highest BCUT2D eigenvalue weighted by Crippen LogP contribution is 2.33. The maximum Gasteiger partial charge on any atom is 0.237 e. The summed E-state index contributed by atoms with van der Waals surface area (Å²) < 4.78 is 0. The van der Waals surface area contributed by atoms with Crippen LogP contribution < -0.4 is 15.5 Å². The Morgan fingerprint density at radius 3 is 2.64 bits per heavy atom. The van der Waals surface area contributed by atoms with Crippen molar-refractivity contribution in [3.8, 4) is 0 Å². The first-order chi connectivity index (χ1) is 12.2. The summed E-state index contributed by atoms with van der Waals surface area (Å²) in [4.78, 5) is 14.6. The predicted octanol–water partition coefficient (Wildman–Crippen LogP) is 2.56. The number of benzene rings is 2. The standard InChI is InChI=1S/C21H27N3O/c1-22-21(25)19(14-16-8-4-3-5-9-16)23-15-17-12-13-24(2)20-11-7-6-10-18(17)20/h3-11,17,19,23H,12-15H2,1-2H3,(H,22,25)/t17-,19+/m1/s1. The number of nitrogens with zero attached hydrogens (tertiary/aromatic N) is 1. The summed E-state index contributed by atoms with van der Waals surface area (Å²) in [5.74, 6) is 0.486. The molecule has 0 radical (unpaired) electrons. The number of fused-ring (bicyclic) bond motifs is 1. The number of hydrogen-bond donors (Lipinski definition) is 2. The SMILES string of the molecule is CNC(=O)[C@H](Cc1ccccc1)NC[C@H]1CCN(C)c2ccccc21. The minimum Gasteiger partial charge on any atom is -0.374 e. The molecule has 0 saturated heterocycles. The van der Waals surface area contributed by atoms with Crippen LogP contribution in [0.5, 0.6) is 0 Å². The third-order valence-corrected chi connectivity index (χ3v) is 5.06. The molecule has 4 nitrogen and oxygen atoms in total. The van der Waals surface area contributed by atoms with Gasteiger partial charge in [0.2, 0.25) is 5.91 Å². The molecular formula is C21H27N3O. The molecule has 3 rings (SSSR count). The quantitative estimate of drug-likeness (QED) is 0.851. The molecule has 2 atom stereocenters. The molecule has 0 bridgehead atoms. The van der Waals surface area contributed by atoms with Crippen LogP contribution in [0.15, 0.2) is 54.6 Å². The Balaban J connectivity index is 1.69. The largest absolute Gasteiger partial charge is 0.374 e. The van der Waals surface area contributed by atoms with Gasteiger partial charge in [0.05, 0.1) is 6.04 Å². The minimum absolute atomic E-state index is 0.0464. The molecule has 132 valence electrons. The molecule has 1 aliphatic rings. The van der Waals surface area contributed by atoms with Crippen LogP contribution in [-0.2, 0) is 11.2 Å². The first-order valence-corrected chi connectivity index (χ1v) is 8.98. The molecule has 2 aromatic carbocycles. The number of amides is 1. The van der Waals surface area contributed by atoms with Gasteiger partial charge < -0.3 is 15.5 Å². The van der Waals surface area contributed by atoms with Crippen molar-refractivity contribution in [3.63, 3.8) is 0 Å². The third kappa shape index (κ3) is 4.20. The van der Waals surface area contributed by atoms with Crippen LogP contribution in [0.25, 0.3) is 0 Å². The third-order valence-electron chi connectivity index (χ3n) is 5.06. The average Bonchev–Trinajstić information content (AvgIpc) is 2.67. The van der Waals surface area contributed by atoms with Crippen molar-refractivity contribution < 1.29 is 4.79 Å². The summed E-state index contributed by atoms with van der Waals surface area (Å²) in [7, 11) is 3.85. The zero-order valence-electron chi connectivity index (χ0n) is 15.0. The van der Waals surface area contributed by atoms with Crippen LogP contribution in [0.3, 0.4) is 0 Å². The summed E-state index contributed by atoms with van der Waals surface area (Å²) in [6.07, 6.45) is 1.81. The van der Waals surface area contributed by atoms with Crippen LogP contribution in [0.2, 0.25) is 0 Å². The topological polar surface area (TPSA) is 44.4 Å². The Hall–Kier alpha value is -2.33. The van der Waals surface area contributed by atoms with E-state index in [2.05, 4.69) is 59.0 Å². The molecule has 1 amide bonds. The van der Waals surface area contributed by atoms with Crippen molar-refractivity contribution in [1.29, 1.82) is 0 Å². The van der Waals surface area contributed by atoms with Crippen molar-refractivity contribution in [2.45, 2.75) is 24.8 Å². The number of hydrogen-bond acceptors (Lipinski definition) is 3. The normalized spacial score (nSPS) is 17.7. The minimum atomic E-state index is -0.209. The van der Waals surface area contributed by atoms with Crippen LogP contribution in [0.1, 0.15) is 23.5 Å². The lowest BCUT2D eigenvalue weighted by atomic mass is 9.89. The molecule has 0 spiro atoms. The van der Waals surface area contributed by atoms with E-state index in [1.165, 1.54) is 16.8 Å². The molecule has 0 fully saturated rings. The van der Waals surface area contributed by atoms with Gasteiger partial charge in [-0.1, -0.05) is 48.5 Å². The van der Waals surface area contributed by atoms with E-state index in [1.807, 2.05) is 18.2 Å². The van der Waals surface area contributed by atoms with E-state index >= 15 is 0 Å². The second-order valence-corrected chi connectivity index (χ2v) is 6.73. The Kier molecular flexibility index (Phi) is 5.71.